The minimum absolute atomic E-state index is 0.0134. The molecule has 0 bridgehead atoms. The second-order valence-corrected chi connectivity index (χ2v) is 5.29. The van der Waals surface area contributed by atoms with E-state index in [0.29, 0.717) is 6.61 Å². The van der Waals surface area contributed by atoms with Crippen molar-refractivity contribution in [2.24, 2.45) is 7.05 Å². The molecular weight excluding hydrogens is 278 g/mol. The van der Waals surface area contributed by atoms with E-state index in [1.807, 2.05) is 66.3 Å². The molecule has 3 aromatic rings. The van der Waals surface area contributed by atoms with Crippen LogP contribution in [0.2, 0.25) is 0 Å². The van der Waals surface area contributed by atoms with Crippen molar-refractivity contribution >= 4 is 16.9 Å². The number of carbonyl (C=O) groups is 1. The summed E-state index contributed by atoms with van der Waals surface area (Å²) in [5.74, 6) is -0.0858. The molecule has 4 heteroatoms. The molecule has 4 nitrogen and oxygen atoms in total. The number of rotatable bonds is 5. The third-order valence-corrected chi connectivity index (χ3v) is 3.63. The number of ether oxygens (including phenoxy) is 1. The highest BCUT2D eigenvalue weighted by Crippen LogP contribution is 2.26. The molecule has 0 saturated heterocycles. The Bertz CT molecular complexity index is 806. The van der Waals surface area contributed by atoms with Crippen LogP contribution in [0, 0.1) is 0 Å². The number of aromatic nitrogens is 1. The summed E-state index contributed by atoms with van der Waals surface area (Å²) in [6.07, 6.45) is 1.87. The highest BCUT2D eigenvalue weighted by Gasteiger charge is 2.11. The maximum Gasteiger partial charge on any atom is 0.307 e. The molecule has 0 unspecified atom stereocenters. The van der Waals surface area contributed by atoms with Crippen LogP contribution in [0.3, 0.4) is 0 Å². The molecule has 0 spiro atoms. The average molecular weight is 295 g/mol. The highest BCUT2D eigenvalue weighted by molar-refractivity contribution is 5.88. The maximum absolute atomic E-state index is 11.0. The largest absolute Gasteiger partial charge is 0.489 e. The molecule has 0 aliphatic carbocycles. The molecule has 3 rings (SSSR count). The minimum Gasteiger partial charge on any atom is -0.489 e. The first kappa shape index (κ1) is 14.2. The first-order valence-corrected chi connectivity index (χ1v) is 7.10. The predicted molar refractivity (Wildman–Crippen MR) is 85.0 cm³/mol. The molecule has 0 saturated carbocycles. The fourth-order valence-electron chi connectivity index (χ4n) is 2.59. The smallest absolute Gasteiger partial charge is 0.307 e. The van der Waals surface area contributed by atoms with Crippen molar-refractivity contribution < 1.29 is 14.6 Å². The molecule has 0 fully saturated rings. The van der Waals surface area contributed by atoms with Crippen LogP contribution in [-0.2, 0) is 24.9 Å². The van der Waals surface area contributed by atoms with E-state index in [0.717, 1.165) is 27.8 Å². The van der Waals surface area contributed by atoms with Gasteiger partial charge in [-0.05, 0) is 29.3 Å². The lowest BCUT2D eigenvalue weighted by atomic mass is 10.1. The zero-order valence-electron chi connectivity index (χ0n) is 12.3. The minimum atomic E-state index is -0.830. The Labute approximate surface area is 128 Å². The zero-order valence-corrected chi connectivity index (χ0v) is 12.3. The van der Waals surface area contributed by atoms with Gasteiger partial charge in [-0.3, -0.25) is 4.79 Å². The summed E-state index contributed by atoms with van der Waals surface area (Å²) in [5, 5.41) is 9.94. The first-order chi connectivity index (χ1) is 10.6. The number of aryl methyl sites for hydroxylation is 1. The van der Waals surface area contributed by atoms with Gasteiger partial charge in [0.05, 0.1) is 6.42 Å². The Balaban J connectivity index is 1.86. The molecule has 0 amide bonds. The van der Waals surface area contributed by atoms with Crippen LogP contribution in [0.4, 0.5) is 0 Å². The molecule has 0 aliphatic rings. The SMILES string of the molecule is Cn1cc(CC(=O)O)c2cc(OCc3ccccc3)ccc21. The topological polar surface area (TPSA) is 51.5 Å². The van der Waals surface area contributed by atoms with E-state index in [1.54, 1.807) is 0 Å². The van der Waals surface area contributed by atoms with Crippen LogP contribution in [0.1, 0.15) is 11.1 Å². The van der Waals surface area contributed by atoms with Gasteiger partial charge in [0.15, 0.2) is 0 Å². The molecule has 22 heavy (non-hydrogen) atoms. The van der Waals surface area contributed by atoms with Crippen molar-refractivity contribution in [1.29, 1.82) is 0 Å². The van der Waals surface area contributed by atoms with Crippen molar-refractivity contribution in [2.75, 3.05) is 0 Å². The van der Waals surface area contributed by atoms with Gasteiger partial charge in [0.2, 0.25) is 0 Å². The fraction of sp³-hybridized carbons (Fsp3) is 0.167. The third kappa shape index (κ3) is 2.96. The van der Waals surface area contributed by atoms with Crippen molar-refractivity contribution in [1.82, 2.24) is 4.57 Å². The Morgan fingerprint density at radius 2 is 1.95 bits per heavy atom. The summed E-state index contributed by atoms with van der Waals surface area (Å²) in [4.78, 5) is 11.0. The van der Waals surface area contributed by atoms with Crippen molar-refractivity contribution in [2.45, 2.75) is 13.0 Å². The number of fused-ring (bicyclic) bond motifs is 1. The number of carboxylic acid groups (broad SMARTS) is 1. The van der Waals surface area contributed by atoms with Crippen LogP contribution < -0.4 is 4.74 Å². The van der Waals surface area contributed by atoms with Gasteiger partial charge >= 0.3 is 5.97 Å². The van der Waals surface area contributed by atoms with Crippen LogP contribution in [0.25, 0.3) is 10.9 Å². The van der Waals surface area contributed by atoms with Crippen molar-refractivity contribution in [3.63, 3.8) is 0 Å². The number of carboxylic acids is 1. The zero-order chi connectivity index (χ0) is 15.5. The summed E-state index contributed by atoms with van der Waals surface area (Å²) < 4.78 is 7.75. The maximum atomic E-state index is 11.0. The average Bonchev–Trinajstić information content (AvgIpc) is 2.81. The van der Waals surface area contributed by atoms with E-state index in [1.165, 1.54) is 0 Å². The van der Waals surface area contributed by atoms with E-state index < -0.39 is 5.97 Å². The number of aliphatic carboxylic acids is 1. The Hall–Kier alpha value is -2.75. The molecule has 0 radical (unpaired) electrons. The van der Waals surface area contributed by atoms with Crippen LogP contribution >= 0.6 is 0 Å². The first-order valence-electron chi connectivity index (χ1n) is 7.10. The summed E-state index contributed by atoms with van der Waals surface area (Å²) in [5.41, 5.74) is 2.90. The molecule has 1 heterocycles. The van der Waals surface area contributed by atoms with Gasteiger partial charge in [-0.15, -0.1) is 0 Å². The molecule has 1 aromatic heterocycles. The molecular formula is C18H17NO3. The number of hydrogen-bond donors (Lipinski definition) is 1. The molecule has 1 N–H and O–H groups in total. The molecule has 112 valence electrons. The van der Waals surface area contributed by atoms with Crippen LogP contribution in [-0.4, -0.2) is 15.6 Å². The van der Waals surface area contributed by atoms with E-state index in [9.17, 15) is 4.79 Å². The quantitative estimate of drug-likeness (QED) is 0.785. The fourth-order valence-corrected chi connectivity index (χ4v) is 2.59. The third-order valence-electron chi connectivity index (χ3n) is 3.63. The van der Waals surface area contributed by atoms with Crippen LogP contribution in [0.15, 0.2) is 54.7 Å². The summed E-state index contributed by atoms with van der Waals surface area (Å²) in [6, 6.07) is 15.7. The Morgan fingerprint density at radius 1 is 1.18 bits per heavy atom. The predicted octanol–water partition coefficient (Wildman–Crippen LogP) is 3.38. The van der Waals surface area contributed by atoms with Gasteiger partial charge in [-0.1, -0.05) is 30.3 Å². The second kappa shape index (κ2) is 5.93. The molecule has 0 atom stereocenters. The summed E-state index contributed by atoms with van der Waals surface area (Å²) >= 11 is 0. The number of hydrogen-bond acceptors (Lipinski definition) is 2. The van der Waals surface area contributed by atoms with E-state index >= 15 is 0 Å². The van der Waals surface area contributed by atoms with Gasteiger partial charge < -0.3 is 14.4 Å². The van der Waals surface area contributed by atoms with Gasteiger partial charge in [0, 0.05) is 24.1 Å². The van der Waals surface area contributed by atoms with Gasteiger partial charge in [0.1, 0.15) is 12.4 Å². The van der Waals surface area contributed by atoms with Gasteiger partial charge in [0.25, 0.3) is 0 Å². The molecule has 2 aromatic carbocycles. The van der Waals surface area contributed by atoms with Crippen LogP contribution in [0.5, 0.6) is 5.75 Å². The van der Waals surface area contributed by atoms with Gasteiger partial charge in [-0.25, -0.2) is 0 Å². The highest BCUT2D eigenvalue weighted by atomic mass is 16.5. The van der Waals surface area contributed by atoms with E-state index in [4.69, 9.17) is 9.84 Å². The Kier molecular flexibility index (Phi) is 3.83. The standard InChI is InChI=1S/C18H17NO3/c1-19-11-14(9-18(20)21)16-10-15(7-8-17(16)19)22-12-13-5-3-2-4-6-13/h2-8,10-11H,9,12H2,1H3,(H,20,21). The summed E-state index contributed by atoms with van der Waals surface area (Å²) in [6.45, 7) is 0.493. The monoisotopic (exact) mass is 295 g/mol. The van der Waals surface area contributed by atoms with E-state index in [-0.39, 0.29) is 6.42 Å². The van der Waals surface area contributed by atoms with Crippen molar-refractivity contribution in [3.8, 4) is 5.75 Å². The lowest BCUT2D eigenvalue weighted by Crippen LogP contribution is -1.99. The van der Waals surface area contributed by atoms with Gasteiger partial charge in [-0.2, -0.15) is 0 Å². The normalized spacial score (nSPS) is 10.8. The van der Waals surface area contributed by atoms with E-state index in [2.05, 4.69) is 0 Å². The lowest BCUT2D eigenvalue weighted by molar-refractivity contribution is -0.136. The Morgan fingerprint density at radius 3 is 2.68 bits per heavy atom. The molecule has 0 aliphatic heterocycles. The number of nitrogens with zero attached hydrogens (tertiary/aromatic N) is 1. The lowest BCUT2D eigenvalue weighted by Gasteiger charge is -2.07. The summed E-state index contributed by atoms with van der Waals surface area (Å²) in [7, 11) is 1.91. The second-order valence-electron chi connectivity index (χ2n) is 5.29. The number of benzene rings is 2. The van der Waals surface area contributed by atoms with Crippen molar-refractivity contribution in [3.05, 3.63) is 65.9 Å².